The van der Waals surface area contributed by atoms with Crippen LogP contribution in [0.2, 0.25) is 10.0 Å². The molecule has 31 heavy (non-hydrogen) atoms. The number of ether oxygens (including phenoxy) is 2. The third-order valence-electron chi connectivity index (χ3n) is 5.57. The molecule has 0 radical (unpaired) electrons. The summed E-state index contributed by atoms with van der Waals surface area (Å²) in [6.07, 6.45) is 2.80. The standard InChI is InChI=1S/C24H24Cl2N2O3/c1-15(2)31-21-8-7-20(17-4-3-11-27-22(17)21)28-23(29)24(9-12-30-13-10-24)18-6-5-16(25)14-19(18)26/h3-8,11,14-15H,9-10,12-13H2,1-2H3,(H,28,29). The van der Waals surface area contributed by atoms with Crippen LogP contribution in [0.3, 0.4) is 0 Å². The number of anilines is 1. The third-order valence-corrected chi connectivity index (χ3v) is 6.12. The number of benzene rings is 2. The molecule has 3 aromatic rings. The van der Waals surface area contributed by atoms with Crippen molar-refractivity contribution in [1.29, 1.82) is 0 Å². The number of carbonyl (C=O) groups excluding carboxylic acids is 1. The van der Waals surface area contributed by atoms with Gasteiger partial charge in [0.15, 0.2) is 0 Å². The van der Waals surface area contributed by atoms with Crippen molar-refractivity contribution in [2.45, 2.75) is 38.2 Å². The van der Waals surface area contributed by atoms with Crippen molar-refractivity contribution in [1.82, 2.24) is 4.98 Å². The molecule has 1 saturated heterocycles. The fraction of sp³-hybridized carbons (Fsp3) is 0.333. The van der Waals surface area contributed by atoms with Crippen LogP contribution in [0.15, 0.2) is 48.7 Å². The van der Waals surface area contributed by atoms with Crippen LogP contribution < -0.4 is 10.1 Å². The van der Waals surface area contributed by atoms with Gasteiger partial charge in [0.05, 0.1) is 17.2 Å². The highest BCUT2D eigenvalue weighted by Gasteiger charge is 2.43. The average Bonchev–Trinajstić information content (AvgIpc) is 2.75. The van der Waals surface area contributed by atoms with Crippen LogP contribution in [0.4, 0.5) is 5.69 Å². The Morgan fingerprint density at radius 2 is 1.94 bits per heavy atom. The summed E-state index contributed by atoms with van der Waals surface area (Å²) in [5.74, 6) is 0.563. The van der Waals surface area contributed by atoms with E-state index in [1.54, 1.807) is 18.3 Å². The minimum absolute atomic E-state index is 0.0169. The summed E-state index contributed by atoms with van der Waals surface area (Å²) < 4.78 is 11.5. The number of nitrogens with zero attached hydrogens (tertiary/aromatic N) is 1. The molecule has 7 heteroatoms. The first-order valence-electron chi connectivity index (χ1n) is 10.3. The summed E-state index contributed by atoms with van der Waals surface area (Å²) in [7, 11) is 0. The summed E-state index contributed by atoms with van der Waals surface area (Å²) in [5, 5.41) is 4.97. The van der Waals surface area contributed by atoms with Crippen molar-refractivity contribution in [3.05, 3.63) is 64.3 Å². The number of rotatable bonds is 5. The third kappa shape index (κ3) is 4.36. The highest BCUT2D eigenvalue weighted by atomic mass is 35.5. The zero-order valence-electron chi connectivity index (χ0n) is 17.5. The lowest BCUT2D eigenvalue weighted by atomic mass is 9.73. The summed E-state index contributed by atoms with van der Waals surface area (Å²) in [4.78, 5) is 18.2. The second kappa shape index (κ2) is 9.03. The van der Waals surface area contributed by atoms with Crippen LogP contribution in [0.1, 0.15) is 32.3 Å². The Bertz CT molecular complexity index is 1110. The first-order valence-corrected chi connectivity index (χ1v) is 11.1. The molecule has 1 amide bonds. The van der Waals surface area contributed by atoms with E-state index in [-0.39, 0.29) is 12.0 Å². The molecule has 5 nitrogen and oxygen atoms in total. The molecule has 1 aliphatic rings. The molecule has 0 bridgehead atoms. The molecule has 162 valence electrons. The Morgan fingerprint density at radius 3 is 2.65 bits per heavy atom. The maximum absolute atomic E-state index is 13.7. The number of hydrogen-bond donors (Lipinski definition) is 1. The van der Waals surface area contributed by atoms with Crippen molar-refractivity contribution < 1.29 is 14.3 Å². The SMILES string of the molecule is CC(C)Oc1ccc(NC(=O)C2(c3ccc(Cl)cc3Cl)CCOCC2)c2cccnc12. The zero-order chi connectivity index (χ0) is 22.0. The molecule has 1 fully saturated rings. The Kier molecular flexibility index (Phi) is 6.37. The zero-order valence-corrected chi connectivity index (χ0v) is 19.0. The van der Waals surface area contributed by atoms with Crippen LogP contribution in [0.5, 0.6) is 5.75 Å². The van der Waals surface area contributed by atoms with Gasteiger partial charge < -0.3 is 14.8 Å². The van der Waals surface area contributed by atoms with Gasteiger partial charge in [-0.1, -0.05) is 29.3 Å². The minimum Gasteiger partial charge on any atom is -0.489 e. The average molecular weight is 459 g/mol. The number of nitrogens with one attached hydrogen (secondary N) is 1. The van der Waals surface area contributed by atoms with E-state index in [0.29, 0.717) is 53.1 Å². The Balaban J connectivity index is 1.74. The van der Waals surface area contributed by atoms with Gasteiger partial charge in [0.25, 0.3) is 0 Å². The van der Waals surface area contributed by atoms with Gasteiger partial charge >= 0.3 is 0 Å². The number of amides is 1. The van der Waals surface area contributed by atoms with E-state index in [1.807, 2.05) is 44.2 Å². The van der Waals surface area contributed by atoms with Crippen molar-refractivity contribution in [3.63, 3.8) is 0 Å². The predicted molar refractivity (Wildman–Crippen MR) is 124 cm³/mol. The molecule has 0 spiro atoms. The molecule has 1 N–H and O–H groups in total. The van der Waals surface area contributed by atoms with E-state index in [1.165, 1.54) is 0 Å². The minimum atomic E-state index is -0.804. The smallest absolute Gasteiger partial charge is 0.235 e. The molecule has 2 heterocycles. The Hall–Kier alpha value is -2.34. The van der Waals surface area contributed by atoms with Crippen LogP contribution in [0, 0.1) is 0 Å². The molecule has 0 saturated carbocycles. The second-order valence-corrected chi connectivity index (χ2v) is 8.79. The Morgan fingerprint density at radius 1 is 1.16 bits per heavy atom. The number of hydrogen-bond acceptors (Lipinski definition) is 4. The fourth-order valence-electron chi connectivity index (χ4n) is 4.06. The van der Waals surface area contributed by atoms with Gasteiger partial charge in [-0.05, 0) is 68.7 Å². The molecule has 0 aliphatic carbocycles. The van der Waals surface area contributed by atoms with Crippen molar-refractivity contribution in [2.75, 3.05) is 18.5 Å². The quantitative estimate of drug-likeness (QED) is 0.507. The summed E-state index contributed by atoms with van der Waals surface area (Å²) in [5.41, 5.74) is 1.35. The number of carbonyl (C=O) groups is 1. The Labute approximate surface area is 191 Å². The maximum atomic E-state index is 13.7. The largest absolute Gasteiger partial charge is 0.489 e. The van der Waals surface area contributed by atoms with Crippen LogP contribution in [-0.2, 0) is 14.9 Å². The monoisotopic (exact) mass is 458 g/mol. The summed E-state index contributed by atoms with van der Waals surface area (Å²) >= 11 is 12.6. The molecule has 1 aliphatic heterocycles. The van der Waals surface area contributed by atoms with E-state index >= 15 is 0 Å². The van der Waals surface area contributed by atoms with E-state index in [9.17, 15) is 4.79 Å². The van der Waals surface area contributed by atoms with Crippen molar-refractivity contribution in [2.24, 2.45) is 0 Å². The van der Waals surface area contributed by atoms with Crippen LogP contribution in [0.25, 0.3) is 10.9 Å². The second-order valence-electron chi connectivity index (χ2n) is 7.95. The van der Waals surface area contributed by atoms with E-state index < -0.39 is 5.41 Å². The molecule has 1 aromatic heterocycles. The lowest BCUT2D eigenvalue weighted by Crippen LogP contribution is -2.45. The van der Waals surface area contributed by atoms with Crippen LogP contribution in [-0.4, -0.2) is 30.2 Å². The molecule has 0 atom stereocenters. The van der Waals surface area contributed by atoms with Gasteiger partial charge in [0, 0.05) is 34.8 Å². The lowest BCUT2D eigenvalue weighted by Gasteiger charge is -2.37. The lowest BCUT2D eigenvalue weighted by molar-refractivity contribution is -0.125. The number of fused-ring (bicyclic) bond motifs is 1. The fourth-order valence-corrected chi connectivity index (χ4v) is 4.65. The van der Waals surface area contributed by atoms with E-state index in [4.69, 9.17) is 32.7 Å². The summed E-state index contributed by atoms with van der Waals surface area (Å²) in [6, 6.07) is 12.8. The highest BCUT2D eigenvalue weighted by Crippen LogP contribution is 2.41. The maximum Gasteiger partial charge on any atom is 0.235 e. The highest BCUT2D eigenvalue weighted by molar-refractivity contribution is 6.35. The molecular formula is C24H24Cl2N2O3. The van der Waals surface area contributed by atoms with Gasteiger partial charge in [-0.3, -0.25) is 9.78 Å². The van der Waals surface area contributed by atoms with Gasteiger partial charge in [-0.15, -0.1) is 0 Å². The number of pyridine rings is 1. The molecule has 4 rings (SSSR count). The molecule has 2 aromatic carbocycles. The molecule has 0 unspecified atom stereocenters. The van der Waals surface area contributed by atoms with Gasteiger partial charge in [0.1, 0.15) is 11.3 Å². The number of aromatic nitrogens is 1. The van der Waals surface area contributed by atoms with Gasteiger partial charge in [-0.25, -0.2) is 0 Å². The van der Waals surface area contributed by atoms with E-state index in [0.717, 1.165) is 10.9 Å². The number of halogens is 2. The van der Waals surface area contributed by atoms with Crippen molar-refractivity contribution >= 4 is 45.7 Å². The van der Waals surface area contributed by atoms with Crippen molar-refractivity contribution in [3.8, 4) is 5.75 Å². The van der Waals surface area contributed by atoms with Gasteiger partial charge in [-0.2, -0.15) is 0 Å². The normalized spacial score (nSPS) is 15.8. The first-order chi connectivity index (χ1) is 14.9. The summed E-state index contributed by atoms with van der Waals surface area (Å²) in [6.45, 7) is 4.90. The van der Waals surface area contributed by atoms with Crippen LogP contribution >= 0.6 is 23.2 Å². The van der Waals surface area contributed by atoms with Gasteiger partial charge in [0.2, 0.25) is 5.91 Å². The topological polar surface area (TPSA) is 60.5 Å². The predicted octanol–water partition coefficient (Wildman–Crippen LogP) is 6.02. The molecular weight excluding hydrogens is 435 g/mol. The van der Waals surface area contributed by atoms with E-state index in [2.05, 4.69) is 10.3 Å². The first kappa shape index (κ1) is 21.9.